The Morgan fingerprint density at radius 1 is 1.37 bits per heavy atom. The molecule has 3 rings (SSSR count). The summed E-state index contributed by atoms with van der Waals surface area (Å²) in [6.07, 6.45) is 3.10. The van der Waals surface area contributed by atoms with Crippen LogP contribution in [0.4, 0.5) is 4.79 Å². The summed E-state index contributed by atoms with van der Waals surface area (Å²) >= 11 is 0. The molecule has 2 aliphatic heterocycles. The lowest BCUT2D eigenvalue weighted by atomic mass is 9.99. The van der Waals surface area contributed by atoms with Crippen molar-refractivity contribution in [3.63, 3.8) is 0 Å². The molecule has 2 heterocycles. The van der Waals surface area contributed by atoms with E-state index in [0.29, 0.717) is 13.1 Å². The van der Waals surface area contributed by atoms with Crippen LogP contribution in [0.3, 0.4) is 0 Å². The lowest BCUT2D eigenvalue weighted by Crippen LogP contribution is -2.46. The zero-order valence-electron chi connectivity index (χ0n) is 15.7. The topological polar surface area (TPSA) is 86.3 Å². The number of amides is 3. The highest BCUT2D eigenvalue weighted by atomic mass is 16.5. The van der Waals surface area contributed by atoms with Gasteiger partial charge in [0.05, 0.1) is 13.7 Å². The molecule has 0 spiro atoms. The Balaban J connectivity index is 1.54. The highest BCUT2D eigenvalue weighted by Gasteiger charge is 2.27. The number of ether oxygens (including phenoxy) is 1. The molecule has 8 nitrogen and oxygen atoms in total. The standard InChI is InChI=1S/C19H25N5O3/c1-20-18(21-8-11-24-17(25)13-22-19(24)26)23-9-6-14(7-10-23)15-4-3-5-16(12-15)27-2/h3-6,12H,7-11,13H2,1-2H3,(H,20,21)(H,22,26). The Hall–Kier alpha value is -3.03. The molecule has 1 saturated heterocycles. The molecular weight excluding hydrogens is 346 g/mol. The van der Waals surface area contributed by atoms with Crippen molar-refractivity contribution in [3.8, 4) is 5.75 Å². The van der Waals surface area contributed by atoms with Gasteiger partial charge in [0, 0.05) is 33.2 Å². The minimum atomic E-state index is -0.333. The van der Waals surface area contributed by atoms with Crippen molar-refractivity contribution in [2.45, 2.75) is 6.42 Å². The van der Waals surface area contributed by atoms with Gasteiger partial charge in [0.25, 0.3) is 0 Å². The van der Waals surface area contributed by atoms with Crippen molar-refractivity contribution < 1.29 is 14.3 Å². The molecule has 0 aromatic heterocycles. The molecule has 144 valence electrons. The molecule has 2 N–H and O–H groups in total. The van der Waals surface area contributed by atoms with Crippen LogP contribution in [0.25, 0.3) is 5.57 Å². The smallest absolute Gasteiger partial charge is 0.324 e. The average Bonchev–Trinajstić information content (AvgIpc) is 3.03. The van der Waals surface area contributed by atoms with E-state index in [1.165, 1.54) is 16.0 Å². The van der Waals surface area contributed by atoms with Gasteiger partial charge in [0.1, 0.15) is 5.75 Å². The molecule has 0 unspecified atom stereocenters. The number of imide groups is 1. The molecule has 0 aliphatic carbocycles. The van der Waals surface area contributed by atoms with Gasteiger partial charge in [-0.15, -0.1) is 0 Å². The summed E-state index contributed by atoms with van der Waals surface area (Å²) in [6, 6.07) is 7.75. The van der Waals surface area contributed by atoms with Gasteiger partial charge in [-0.25, -0.2) is 4.79 Å². The Morgan fingerprint density at radius 2 is 2.22 bits per heavy atom. The summed E-state index contributed by atoms with van der Waals surface area (Å²) in [7, 11) is 3.41. The van der Waals surface area contributed by atoms with Crippen LogP contribution in [0.1, 0.15) is 12.0 Å². The minimum Gasteiger partial charge on any atom is -0.497 e. The zero-order valence-corrected chi connectivity index (χ0v) is 15.7. The molecule has 1 aromatic carbocycles. The first-order valence-electron chi connectivity index (χ1n) is 8.99. The second kappa shape index (κ2) is 8.57. The molecular formula is C19H25N5O3. The van der Waals surface area contributed by atoms with E-state index < -0.39 is 0 Å². The van der Waals surface area contributed by atoms with Gasteiger partial charge in [0.15, 0.2) is 5.96 Å². The number of hydrogen-bond acceptors (Lipinski definition) is 4. The second-order valence-electron chi connectivity index (χ2n) is 6.34. The van der Waals surface area contributed by atoms with E-state index in [-0.39, 0.29) is 18.5 Å². The molecule has 2 aliphatic rings. The zero-order chi connectivity index (χ0) is 19.2. The van der Waals surface area contributed by atoms with E-state index >= 15 is 0 Å². The fraction of sp³-hybridized carbons (Fsp3) is 0.421. The first-order valence-corrected chi connectivity index (χ1v) is 8.99. The predicted octanol–water partition coefficient (Wildman–Crippen LogP) is 0.912. The monoisotopic (exact) mass is 371 g/mol. The number of aliphatic imine (C=N–C) groups is 1. The molecule has 27 heavy (non-hydrogen) atoms. The third-order valence-corrected chi connectivity index (χ3v) is 4.72. The fourth-order valence-corrected chi connectivity index (χ4v) is 3.24. The summed E-state index contributed by atoms with van der Waals surface area (Å²) < 4.78 is 5.30. The summed E-state index contributed by atoms with van der Waals surface area (Å²) in [5.74, 6) is 1.43. The van der Waals surface area contributed by atoms with Crippen LogP contribution >= 0.6 is 0 Å². The number of rotatable bonds is 5. The molecule has 0 radical (unpaired) electrons. The fourth-order valence-electron chi connectivity index (χ4n) is 3.24. The Kier molecular flexibility index (Phi) is 5.95. The third-order valence-electron chi connectivity index (χ3n) is 4.72. The van der Waals surface area contributed by atoms with Gasteiger partial charge < -0.3 is 20.3 Å². The Labute approximate surface area is 158 Å². The van der Waals surface area contributed by atoms with Crippen molar-refractivity contribution >= 4 is 23.5 Å². The van der Waals surface area contributed by atoms with Crippen LogP contribution in [0, 0.1) is 0 Å². The molecule has 0 bridgehead atoms. The summed E-state index contributed by atoms with van der Waals surface area (Å²) in [4.78, 5) is 30.8. The average molecular weight is 371 g/mol. The molecule has 0 saturated carbocycles. The molecule has 0 atom stereocenters. The number of carbonyl (C=O) groups excluding carboxylic acids is 2. The van der Waals surface area contributed by atoms with Crippen LogP contribution in [0.2, 0.25) is 0 Å². The van der Waals surface area contributed by atoms with Gasteiger partial charge >= 0.3 is 6.03 Å². The number of hydrogen-bond donors (Lipinski definition) is 2. The number of methoxy groups -OCH3 is 1. The van der Waals surface area contributed by atoms with Crippen LogP contribution in [0.5, 0.6) is 5.75 Å². The van der Waals surface area contributed by atoms with E-state index in [9.17, 15) is 9.59 Å². The first-order chi connectivity index (χ1) is 13.1. The number of carbonyl (C=O) groups is 2. The predicted molar refractivity (Wildman–Crippen MR) is 104 cm³/mol. The van der Waals surface area contributed by atoms with Crippen molar-refractivity contribution in [2.24, 2.45) is 4.99 Å². The maximum atomic E-state index is 11.6. The minimum absolute atomic E-state index is 0.0809. The summed E-state index contributed by atoms with van der Waals surface area (Å²) in [5, 5.41) is 5.75. The molecule has 1 aromatic rings. The van der Waals surface area contributed by atoms with E-state index in [4.69, 9.17) is 4.74 Å². The Bertz CT molecular complexity index is 758. The summed E-state index contributed by atoms with van der Waals surface area (Å²) in [6.45, 7) is 2.45. The molecule has 1 fully saturated rings. The Morgan fingerprint density at radius 3 is 2.85 bits per heavy atom. The number of benzene rings is 1. The van der Waals surface area contributed by atoms with E-state index in [2.05, 4.69) is 32.7 Å². The number of urea groups is 1. The second-order valence-corrected chi connectivity index (χ2v) is 6.34. The normalized spacial score (nSPS) is 17.7. The van der Waals surface area contributed by atoms with Gasteiger partial charge in [0.2, 0.25) is 5.91 Å². The highest BCUT2D eigenvalue weighted by Crippen LogP contribution is 2.25. The number of nitrogens with one attached hydrogen (secondary N) is 2. The van der Waals surface area contributed by atoms with Crippen LogP contribution < -0.4 is 15.4 Å². The maximum Gasteiger partial charge on any atom is 0.324 e. The van der Waals surface area contributed by atoms with Gasteiger partial charge in [-0.3, -0.25) is 14.7 Å². The van der Waals surface area contributed by atoms with Crippen molar-refractivity contribution in [2.75, 3.05) is 46.9 Å². The molecule has 3 amide bonds. The largest absolute Gasteiger partial charge is 0.497 e. The summed E-state index contributed by atoms with van der Waals surface area (Å²) in [5.41, 5.74) is 2.47. The molecule has 8 heteroatoms. The van der Waals surface area contributed by atoms with Crippen molar-refractivity contribution in [1.82, 2.24) is 20.4 Å². The highest BCUT2D eigenvalue weighted by molar-refractivity contribution is 6.01. The SMILES string of the molecule is CN=C(NCCN1C(=O)CNC1=O)N1CC=C(c2cccc(OC)c2)CC1. The van der Waals surface area contributed by atoms with Crippen molar-refractivity contribution in [3.05, 3.63) is 35.9 Å². The maximum absolute atomic E-state index is 11.6. The van der Waals surface area contributed by atoms with Gasteiger partial charge in [-0.2, -0.15) is 0 Å². The van der Waals surface area contributed by atoms with E-state index in [1.807, 2.05) is 18.2 Å². The third kappa shape index (κ3) is 4.39. The van der Waals surface area contributed by atoms with Gasteiger partial charge in [-0.1, -0.05) is 18.2 Å². The van der Waals surface area contributed by atoms with Crippen molar-refractivity contribution in [1.29, 1.82) is 0 Å². The van der Waals surface area contributed by atoms with E-state index in [0.717, 1.165) is 31.2 Å². The van der Waals surface area contributed by atoms with Gasteiger partial charge in [-0.05, 0) is 29.7 Å². The van der Waals surface area contributed by atoms with E-state index in [1.54, 1.807) is 14.2 Å². The lowest BCUT2D eigenvalue weighted by Gasteiger charge is -2.30. The van der Waals surface area contributed by atoms with Crippen LogP contribution in [-0.4, -0.2) is 74.6 Å². The number of guanidine groups is 1. The van der Waals surface area contributed by atoms with Crippen LogP contribution in [0.15, 0.2) is 35.3 Å². The van der Waals surface area contributed by atoms with Crippen LogP contribution in [-0.2, 0) is 4.79 Å². The quantitative estimate of drug-likeness (QED) is 0.457. The number of nitrogens with zero attached hydrogens (tertiary/aromatic N) is 3. The first kappa shape index (κ1) is 18.8. The lowest BCUT2D eigenvalue weighted by molar-refractivity contribution is -0.124.